The zero-order valence-corrected chi connectivity index (χ0v) is 38.6. The van der Waals surface area contributed by atoms with Gasteiger partial charge in [-0.3, -0.25) is 9.36 Å². The number of ether oxygens (including phenoxy) is 5. The van der Waals surface area contributed by atoms with Crippen molar-refractivity contribution in [2.24, 2.45) is 0 Å². The first-order chi connectivity index (χ1) is 31.6. The number of amides is 1. The SMILES string of the molecule is COc1ccc(C(OC[C@H]2O[C@@H](n3cnc4c(NC(C)=O)ncnc43)C(OCc3ccccc3)C2OP(OCCC#N)N(C(C)C)C(C)C)(c2ccccc2)c2ccc(OC)cc2)cc1. The molecule has 1 fully saturated rings. The van der Waals surface area contributed by atoms with E-state index in [1.54, 1.807) is 25.1 Å². The van der Waals surface area contributed by atoms with Gasteiger partial charge in [0, 0.05) is 19.0 Å². The van der Waals surface area contributed by atoms with E-state index in [0.717, 1.165) is 22.3 Å². The Morgan fingerprint density at radius 2 is 1.45 bits per heavy atom. The highest BCUT2D eigenvalue weighted by Gasteiger charge is 2.52. The molecule has 6 aromatic rings. The molecule has 0 aliphatic carbocycles. The van der Waals surface area contributed by atoms with Gasteiger partial charge in [-0.1, -0.05) is 84.9 Å². The number of nitrogens with one attached hydrogen (secondary N) is 1. The molecule has 1 N–H and O–H groups in total. The molecule has 4 aromatic carbocycles. The first kappa shape index (κ1) is 47.2. The molecule has 2 aromatic heterocycles. The van der Waals surface area contributed by atoms with Crippen LogP contribution in [0, 0.1) is 11.3 Å². The van der Waals surface area contributed by atoms with Crippen LogP contribution >= 0.6 is 8.53 Å². The van der Waals surface area contributed by atoms with Crippen LogP contribution in [0.3, 0.4) is 0 Å². The van der Waals surface area contributed by atoms with Crippen molar-refractivity contribution in [3.63, 3.8) is 0 Å². The fourth-order valence-corrected chi connectivity index (χ4v) is 9.88. The highest BCUT2D eigenvalue weighted by Crippen LogP contribution is 2.52. The van der Waals surface area contributed by atoms with Crippen molar-refractivity contribution < 1.29 is 37.5 Å². The number of hydrogen-bond donors (Lipinski definition) is 1. The Morgan fingerprint density at radius 3 is 2.02 bits per heavy atom. The summed E-state index contributed by atoms with van der Waals surface area (Å²) in [7, 11) is 1.46. The van der Waals surface area contributed by atoms with Gasteiger partial charge in [-0.2, -0.15) is 5.26 Å². The maximum absolute atomic E-state index is 12.2. The van der Waals surface area contributed by atoms with Crippen LogP contribution in [0.1, 0.15) is 69.5 Å². The lowest BCUT2D eigenvalue weighted by Gasteiger charge is -2.39. The van der Waals surface area contributed by atoms with Crippen LogP contribution < -0.4 is 14.8 Å². The lowest BCUT2D eigenvalue weighted by molar-refractivity contribution is -0.114. The van der Waals surface area contributed by atoms with Gasteiger partial charge in [0.05, 0.1) is 52.9 Å². The van der Waals surface area contributed by atoms with E-state index in [1.165, 1.54) is 13.3 Å². The number of hydrogen-bond acceptors (Lipinski definition) is 13. The maximum atomic E-state index is 12.2. The van der Waals surface area contributed by atoms with Gasteiger partial charge in [0.15, 0.2) is 23.2 Å². The molecule has 1 amide bonds. The van der Waals surface area contributed by atoms with Crippen molar-refractivity contribution in [2.75, 3.05) is 32.8 Å². The number of nitriles is 1. The normalized spacial score (nSPS) is 18.0. The number of fused-ring (bicyclic) bond motifs is 1. The summed E-state index contributed by atoms with van der Waals surface area (Å²) in [5, 5.41) is 12.3. The largest absolute Gasteiger partial charge is 0.497 e. The van der Waals surface area contributed by atoms with E-state index in [1.807, 2.05) is 109 Å². The maximum Gasteiger partial charge on any atom is 0.259 e. The molecular formula is C49H56N7O8P. The Balaban J connectivity index is 1.39. The van der Waals surface area contributed by atoms with Gasteiger partial charge in [0.2, 0.25) is 5.91 Å². The van der Waals surface area contributed by atoms with Gasteiger partial charge in [0.1, 0.15) is 41.7 Å². The molecule has 3 heterocycles. The van der Waals surface area contributed by atoms with Crippen molar-refractivity contribution >= 4 is 31.4 Å². The fraction of sp³-hybridized carbons (Fsp3) is 0.367. The molecule has 1 aliphatic heterocycles. The van der Waals surface area contributed by atoms with E-state index in [-0.39, 0.29) is 50.1 Å². The Bertz CT molecular complexity index is 2430. The van der Waals surface area contributed by atoms with Crippen molar-refractivity contribution in [1.29, 1.82) is 5.26 Å². The highest BCUT2D eigenvalue weighted by molar-refractivity contribution is 7.44. The quantitative estimate of drug-likeness (QED) is 0.0414. The molecule has 3 unspecified atom stereocenters. The number of carbonyl (C=O) groups excluding carboxylic acids is 1. The Labute approximate surface area is 381 Å². The van der Waals surface area contributed by atoms with Gasteiger partial charge in [-0.05, 0) is 74.2 Å². The number of rotatable bonds is 21. The standard InChI is InChI=1S/C49H56N7O8P/c1-33(2)56(34(3)4)65(62-28-14-27-50)64-44-42(30-61-49(37-17-12-9-13-18-37,38-19-23-40(58-6)24-20-38)39-21-25-41(59-7)26-22-39)63-48(45(44)60-29-36-15-10-8-11-16-36)55-32-53-43-46(54-35(5)57)51-31-52-47(43)55/h8-13,15-26,31-34,42,44-45,48H,14,28-30H2,1-7H3,(H,51,52,54,57)/t42-,44?,45?,48-,65?/m1/s1. The number of nitrogens with zero attached hydrogens (tertiary/aromatic N) is 6. The second kappa shape index (κ2) is 21.9. The van der Waals surface area contributed by atoms with Gasteiger partial charge in [0.25, 0.3) is 8.53 Å². The van der Waals surface area contributed by atoms with E-state index >= 15 is 0 Å². The molecule has 7 rings (SSSR count). The molecule has 0 saturated carbocycles. The summed E-state index contributed by atoms with van der Waals surface area (Å²) in [6.07, 6.45) is -0.155. The van der Waals surface area contributed by atoms with Crippen LogP contribution in [-0.4, -0.2) is 87.9 Å². The van der Waals surface area contributed by atoms with Crippen molar-refractivity contribution in [3.8, 4) is 17.6 Å². The first-order valence-corrected chi connectivity index (χ1v) is 22.7. The molecule has 0 spiro atoms. The Kier molecular flexibility index (Phi) is 15.9. The lowest BCUT2D eigenvalue weighted by Crippen LogP contribution is -2.43. The van der Waals surface area contributed by atoms with Crippen molar-refractivity contribution in [3.05, 3.63) is 144 Å². The van der Waals surface area contributed by atoms with Gasteiger partial charge >= 0.3 is 0 Å². The fourth-order valence-electron chi connectivity index (χ4n) is 8.11. The average molecular weight is 902 g/mol. The van der Waals surface area contributed by atoms with Crippen LogP contribution in [-0.2, 0) is 40.3 Å². The van der Waals surface area contributed by atoms with E-state index in [9.17, 15) is 10.1 Å². The number of benzene rings is 4. The second-order valence-corrected chi connectivity index (χ2v) is 17.4. The summed E-state index contributed by atoms with van der Waals surface area (Å²) in [5.41, 5.74) is 3.09. The van der Waals surface area contributed by atoms with E-state index < -0.39 is 38.7 Å². The molecular weight excluding hydrogens is 846 g/mol. The zero-order valence-electron chi connectivity index (χ0n) is 37.7. The first-order valence-electron chi connectivity index (χ1n) is 21.6. The second-order valence-electron chi connectivity index (χ2n) is 16.0. The molecule has 65 heavy (non-hydrogen) atoms. The number of carbonyl (C=O) groups is 1. The number of aromatic nitrogens is 4. The number of anilines is 1. The Hall–Kier alpha value is -5.82. The van der Waals surface area contributed by atoms with E-state index in [2.05, 4.69) is 58.7 Å². The third-order valence-electron chi connectivity index (χ3n) is 11.0. The molecule has 0 radical (unpaired) electrons. The predicted octanol–water partition coefficient (Wildman–Crippen LogP) is 8.95. The minimum Gasteiger partial charge on any atom is -0.497 e. The molecule has 15 nitrogen and oxygen atoms in total. The molecule has 16 heteroatoms. The van der Waals surface area contributed by atoms with Crippen LogP contribution in [0.15, 0.2) is 122 Å². The molecule has 1 aliphatic rings. The minimum absolute atomic E-state index is 0.0111. The van der Waals surface area contributed by atoms with Crippen molar-refractivity contribution in [2.45, 2.75) is 89.9 Å². The molecule has 340 valence electrons. The third-order valence-corrected chi connectivity index (χ3v) is 13.1. The van der Waals surface area contributed by atoms with Gasteiger partial charge in [-0.15, -0.1) is 0 Å². The third kappa shape index (κ3) is 10.7. The highest BCUT2D eigenvalue weighted by atomic mass is 31.2. The summed E-state index contributed by atoms with van der Waals surface area (Å²) in [6, 6.07) is 37.8. The van der Waals surface area contributed by atoms with E-state index in [0.29, 0.717) is 22.7 Å². The van der Waals surface area contributed by atoms with Gasteiger partial charge < -0.3 is 38.0 Å². The summed E-state index contributed by atoms with van der Waals surface area (Å²) >= 11 is 0. The van der Waals surface area contributed by atoms with Crippen LogP contribution in [0.4, 0.5) is 5.82 Å². The van der Waals surface area contributed by atoms with Crippen LogP contribution in [0.25, 0.3) is 11.2 Å². The smallest absolute Gasteiger partial charge is 0.259 e. The molecule has 0 bridgehead atoms. The summed E-state index contributed by atoms with van der Waals surface area (Å²) in [6.45, 7) is 10.1. The summed E-state index contributed by atoms with van der Waals surface area (Å²) < 4.78 is 50.6. The lowest BCUT2D eigenvalue weighted by atomic mass is 9.80. The Morgan fingerprint density at radius 1 is 0.846 bits per heavy atom. The molecule has 5 atom stereocenters. The van der Waals surface area contributed by atoms with Crippen LogP contribution in [0.2, 0.25) is 0 Å². The predicted molar refractivity (Wildman–Crippen MR) is 247 cm³/mol. The average Bonchev–Trinajstić information content (AvgIpc) is 3.90. The van der Waals surface area contributed by atoms with Crippen molar-refractivity contribution in [1.82, 2.24) is 24.2 Å². The minimum atomic E-state index is -1.81. The summed E-state index contributed by atoms with van der Waals surface area (Å²) in [4.78, 5) is 25.8. The molecule has 1 saturated heterocycles. The zero-order chi connectivity index (χ0) is 45.9. The topological polar surface area (TPSA) is 164 Å². The monoisotopic (exact) mass is 901 g/mol. The summed E-state index contributed by atoms with van der Waals surface area (Å²) in [5.74, 6) is 1.36. The van der Waals surface area contributed by atoms with Gasteiger partial charge in [-0.25, -0.2) is 19.6 Å². The number of imidazole rings is 1. The van der Waals surface area contributed by atoms with E-state index in [4.69, 9.17) is 32.7 Å². The number of methoxy groups -OCH3 is 2. The van der Waals surface area contributed by atoms with Crippen LogP contribution in [0.5, 0.6) is 11.5 Å².